The van der Waals surface area contributed by atoms with Crippen LogP contribution in [0.2, 0.25) is 0 Å². The number of hydrogen-bond acceptors (Lipinski definition) is 6. The van der Waals surface area contributed by atoms with Gasteiger partial charge in [0.05, 0.1) is 11.2 Å². The van der Waals surface area contributed by atoms with Gasteiger partial charge in [0, 0.05) is 36.9 Å². The van der Waals surface area contributed by atoms with Gasteiger partial charge < -0.3 is 9.88 Å². The second-order valence-electron chi connectivity index (χ2n) is 4.44. The van der Waals surface area contributed by atoms with E-state index in [4.69, 9.17) is 0 Å². The standard InChI is InChI=1S/C13H13N5OS2/c1-18-8-14-7-9(18)4-5-11(19)15-13-16-12(17-21-13)10-3-2-6-20-10/h2-3,6-8H,4-5H2,1H3,(H,15,16,17,19). The van der Waals surface area contributed by atoms with Crippen LogP contribution in [0.4, 0.5) is 5.13 Å². The highest BCUT2D eigenvalue weighted by atomic mass is 32.1. The lowest BCUT2D eigenvalue weighted by Gasteiger charge is -2.02. The number of nitrogens with one attached hydrogen (secondary N) is 1. The van der Waals surface area contributed by atoms with Gasteiger partial charge in [0.2, 0.25) is 11.0 Å². The predicted molar refractivity (Wildman–Crippen MR) is 83.4 cm³/mol. The molecule has 0 saturated carbocycles. The second-order valence-corrected chi connectivity index (χ2v) is 6.14. The minimum absolute atomic E-state index is 0.0647. The molecular weight excluding hydrogens is 306 g/mol. The summed E-state index contributed by atoms with van der Waals surface area (Å²) in [6.45, 7) is 0. The first kappa shape index (κ1) is 13.9. The van der Waals surface area contributed by atoms with E-state index in [2.05, 4.69) is 19.7 Å². The van der Waals surface area contributed by atoms with E-state index in [1.54, 1.807) is 23.9 Å². The molecule has 0 radical (unpaired) electrons. The van der Waals surface area contributed by atoms with Gasteiger partial charge in [0.15, 0.2) is 5.82 Å². The van der Waals surface area contributed by atoms with E-state index in [-0.39, 0.29) is 5.91 Å². The maximum absolute atomic E-state index is 11.9. The van der Waals surface area contributed by atoms with Gasteiger partial charge in [-0.3, -0.25) is 4.79 Å². The number of imidazole rings is 1. The fourth-order valence-electron chi connectivity index (χ4n) is 1.83. The zero-order valence-electron chi connectivity index (χ0n) is 11.3. The Morgan fingerprint density at radius 2 is 2.38 bits per heavy atom. The molecule has 108 valence electrons. The summed E-state index contributed by atoms with van der Waals surface area (Å²) in [6.07, 6.45) is 4.55. The van der Waals surface area contributed by atoms with Crippen molar-refractivity contribution in [2.24, 2.45) is 7.05 Å². The molecule has 0 saturated heterocycles. The number of rotatable bonds is 5. The molecule has 1 amide bonds. The molecule has 3 heterocycles. The first-order chi connectivity index (χ1) is 10.2. The third-order valence-electron chi connectivity index (χ3n) is 2.94. The highest BCUT2D eigenvalue weighted by Gasteiger charge is 2.10. The van der Waals surface area contributed by atoms with Crippen LogP contribution in [0.1, 0.15) is 12.1 Å². The van der Waals surface area contributed by atoms with E-state index in [1.807, 2.05) is 29.1 Å². The average molecular weight is 319 g/mol. The lowest BCUT2D eigenvalue weighted by atomic mass is 10.2. The number of carbonyl (C=O) groups excluding carboxylic acids is 1. The highest BCUT2D eigenvalue weighted by Crippen LogP contribution is 2.25. The van der Waals surface area contributed by atoms with Crippen molar-refractivity contribution in [1.29, 1.82) is 0 Å². The monoisotopic (exact) mass is 319 g/mol. The number of amides is 1. The highest BCUT2D eigenvalue weighted by molar-refractivity contribution is 7.14. The van der Waals surface area contributed by atoms with E-state index in [0.29, 0.717) is 23.8 Å². The van der Waals surface area contributed by atoms with Gasteiger partial charge in [-0.05, 0) is 17.9 Å². The minimum atomic E-state index is -0.0647. The van der Waals surface area contributed by atoms with Crippen molar-refractivity contribution in [1.82, 2.24) is 18.9 Å². The van der Waals surface area contributed by atoms with Gasteiger partial charge in [-0.25, -0.2) is 4.98 Å². The van der Waals surface area contributed by atoms with Gasteiger partial charge in [-0.2, -0.15) is 9.36 Å². The molecular formula is C13H13N5OS2. The summed E-state index contributed by atoms with van der Waals surface area (Å²) in [5.41, 5.74) is 1.03. The van der Waals surface area contributed by atoms with Crippen molar-refractivity contribution < 1.29 is 4.79 Å². The van der Waals surface area contributed by atoms with Crippen LogP contribution in [0, 0.1) is 0 Å². The molecule has 3 aromatic rings. The third kappa shape index (κ3) is 3.34. The number of anilines is 1. The molecule has 0 aliphatic carbocycles. The Bertz CT molecular complexity index is 731. The quantitative estimate of drug-likeness (QED) is 0.784. The van der Waals surface area contributed by atoms with E-state index >= 15 is 0 Å². The van der Waals surface area contributed by atoms with E-state index in [0.717, 1.165) is 10.6 Å². The van der Waals surface area contributed by atoms with Crippen LogP contribution in [-0.4, -0.2) is 24.8 Å². The van der Waals surface area contributed by atoms with Crippen molar-refractivity contribution in [3.05, 3.63) is 35.7 Å². The Morgan fingerprint density at radius 3 is 3.10 bits per heavy atom. The number of nitrogens with zero attached hydrogens (tertiary/aromatic N) is 4. The molecule has 0 spiro atoms. The van der Waals surface area contributed by atoms with Gasteiger partial charge >= 0.3 is 0 Å². The summed E-state index contributed by atoms with van der Waals surface area (Å²) in [7, 11) is 1.91. The maximum Gasteiger partial charge on any atom is 0.226 e. The number of thiophene rings is 1. The van der Waals surface area contributed by atoms with E-state index in [9.17, 15) is 4.79 Å². The summed E-state index contributed by atoms with van der Waals surface area (Å²) < 4.78 is 6.16. The van der Waals surface area contributed by atoms with Crippen molar-refractivity contribution in [2.75, 3.05) is 5.32 Å². The van der Waals surface area contributed by atoms with Crippen molar-refractivity contribution in [2.45, 2.75) is 12.8 Å². The fraction of sp³-hybridized carbons (Fsp3) is 0.231. The molecule has 0 aromatic carbocycles. The molecule has 3 rings (SSSR count). The summed E-state index contributed by atoms with van der Waals surface area (Å²) in [6, 6.07) is 3.91. The zero-order valence-corrected chi connectivity index (χ0v) is 12.9. The van der Waals surface area contributed by atoms with Crippen LogP contribution in [0.3, 0.4) is 0 Å². The summed E-state index contributed by atoms with van der Waals surface area (Å²) in [5.74, 6) is 0.599. The molecule has 8 heteroatoms. The molecule has 0 bridgehead atoms. The Hall–Kier alpha value is -2.06. The second kappa shape index (κ2) is 6.15. The van der Waals surface area contributed by atoms with E-state index < -0.39 is 0 Å². The Labute approximate surface area is 129 Å². The molecule has 6 nitrogen and oxygen atoms in total. The number of aryl methyl sites for hydroxylation is 2. The van der Waals surface area contributed by atoms with E-state index in [1.165, 1.54) is 11.5 Å². The van der Waals surface area contributed by atoms with Gasteiger partial charge in [-0.1, -0.05) is 6.07 Å². The molecule has 21 heavy (non-hydrogen) atoms. The molecule has 0 aliphatic heterocycles. The number of hydrogen-bond donors (Lipinski definition) is 1. The minimum Gasteiger partial charge on any atom is -0.338 e. The molecule has 0 unspecified atom stereocenters. The first-order valence-electron chi connectivity index (χ1n) is 6.35. The molecule has 0 aliphatic rings. The third-order valence-corrected chi connectivity index (χ3v) is 4.43. The topological polar surface area (TPSA) is 72.7 Å². The van der Waals surface area contributed by atoms with Gasteiger partial charge in [0.1, 0.15) is 0 Å². The Balaban J connectivity index is 1.57. The molecule has 1 N–H and O–H groups in total. The molecule has 0 atom stereocenters. The van der Waals surface area contributed by atoms with Crippen LogP contribution in [0.5, 0.6) is 0 Å². The van der Waals surface area contributed by atoms with Crippen LogP contribution in [-0.2, 0) is 18.3 Å². The smallest absolute Gasteiger partial charge is 0.226 e. The number of aromatic nitrogens is 4. The van der Waals surface area contributed by atoms with Crippen molar-refractivity contribution >= 4 is 33.9 Å². The normalized spacial score (nSPS) is 10.7. The lowest BCUT2D eigenvalue weighted by molar-refractivity contribution is -0.116. The Kier molecular flexibility index (Phi) is 4.07. The van der Waals surface area contributed by atoms with Gasteiger partial charge in [-0.15, -0.1) is 11.3 Å². The summed E-state index contributed by atoms with van der Waals surface area (Å²) in [5, 5.41) is 5.30. The zero-order chi connectivity index (χ0) is 14.7. The summed E-state index contributed by atoms with van der Waals surface area (Å²) in [4.78, 5) is 21.3. The molecule has 0 fully saturated rings. The lowest BCUT2D eigenvalue weighted by Crippen LogP contribution is -2.12. The van der Waals surface area contributed by atoms with Crippen LogP contribution in [0.25, 0.3) is 10.7 Å². The van der Waals surface area contributed by atoms with Gasteiger partial charge in [0.25, 0.3) is 0 Å². The predicted octanol–water partition coefficient (Wildman–Crippen LogP) is 2.57. The largest absolute Gasteiger partial charge is 0.338 e. The van der Waals surface area contributed by atoms with Crippen molar-refractivity contribution in [3.63, 3.8) is 0 Å². The van der Waals surface area contributed by atoms with Crippen molar-refractivity contribution in [3.8, 4) is 10.7 Å². The van der Waals surface area contributed by atoms with Crippen LogP contribution >= 0.6 is 22.9 Å². The molecule has 3 aromatic heterocycles. The first-order valence-corrected chi connectivity index (χ1v) is 8.00. The van der Waals surface area contributed by atoms with Crippen LogP contribution < -0.4 is 5.32 Å². The van der Waals surface area contributed by atoms with Crippen LogP contribution in [0.15, 0.2) is 30.0 Å². The Morgan fingerprint density at radius 1 is 1.48 bits per heavy atom. The number of carbonyl (C=O) groups is 1. The SMILES string of the molecule is Cn1cncc1CCC(=O)Nc1nc(-c2cccs2)ns1. The fourth-order valence-corrected chi connectivity index (χ4v) is 3.14. The summed E-state index contributed by atoms with van der Waals surface area (Å²) >= 11 is 2.78. The maximum atomic E-state index is 11.9. The average Bonchev–Trinajstić information content (AvgIpc) is 3.17.